The molecule has 1 unspecified atom stereocenters. The van der Waals surface area contributed by atoms with Crippen molar-refractivity contribution in [3.8, 4) is 0 Å². The number of amides is 2. The van der Waals surface area contributed by atoms with E-state index in [2.05, 4.69) is 32.4 Å². The van der Waals surface area contributed by atoms with Gasteiger partial charge in [-0.25, -0.2) is 0 Å². The molecule has 2 saturated heterocycles. The predicted molar refractivity (Wildman–Crippen MR) is 111 cm³/mol. The van der Waals surface area contributed by atoms with Crippen molar-refractivity contribution in [1.29, 1.82) is 0 Å². The van der Waals surface area contributed by atoms with Gasteiger partial charge in [-0.3, -0.25) is 24.2 Å². The molecule has 2 aliphatic rings. The molecule has 9 heteroatoms. The summed E-state index contributed by atoms with van der Waals surface area (Å²) in [5.41, 5.74) is 0. The zero-order valence-corrected chi connectivity index (χ0v) is 17.7. The van der Waals surface area contributed by atoms with Crippen molar-refractivity contribution in [2.24, 2.45) is 0 Å². The third-order valence-corrected chi connectivity index (χ3v) is 5.70. The highest BCUT2D eigenvalue weighted by molar-refractivity contribution is 5.78. The SMILES string of the molecule is C[15N]1[13CH2][13CH2]N([13CH2][13CH]2[13CH2][13CH2][13CH2]N2[13CH2][13C](=O)[15NH]CCCC(=O)[15NH]CCCC(=O)O)[13CH2][13CH2]1. The lowest BCUT2D eigenvalue weighted by Gasteiger charge is -2.36. The summed E-state index contributed by atoms with van der Waals surface area (Å²) in [5, 5.41) is 14.2. The van der Waals surface area contributed by atoms with Gasteiger partial charge in [-0.1, -0.05) is 0 Å². The summed E-state index contributed by atoms with van der Waals surface area (Å²) in [6.45, 7) is 7.74. The Morgan fingerprint density at radius 2 is 1.59 bits per heavy atom. The lowest BCUT2D eigenvalue weighted by atomic mass is 10.3. The third kappa shape index (κ3) is 9.56. The van der Waals surface area contributed by atoms with Gasteiger partial charge in [-0.2, -0.15) is 0 Å². The van der Waals surface area contributed by atoms with E-state index >= 15 is 0 Å². The predicted octanol–water partition coefficient (Wildman–Crippen LogP) is -0.424. The van der Waals surface area contributed by atoms with Crippen LogP contribution in [-0.2, 0) is 14.4 Å². The first kappa shape index (κ1) is 23.6. The van der Waals surface area contributed by atoms with Crippen molar-refractivity contribution in [2.75, 3.05) is 66.0 Å². The molecular weight excluding hydrogens is 388 g/mol. The van der Waals surface area contributed by atoms with Gasteiger partial charge in [-0.15, -0.1) is 0 Å². The van der Waals surface area contributed by atoms with E-state index < -0.39 is 5.97 Å². The molecule has 0 aromatic heterocycles. The maximum atomic E-state index is 12.3. The number of hydrogen-bond acceptors (Lipinski definition) is 6. The van der Waals surface area contributed by atoms with Gasteiger partial charge in [0.05, 0.1) is 6.54 Å². The standard InChI is InChI=1S/C20H37N5O4/c1-23-11-13-24(14-12-23)15-17-5-4-10-25(17)16-19(27)22-8-2-6-18(26)21-9-3-7-20(28)29/h17H,2-16H2,1H3,(H,21,26)(H,22,27)(H,28,29)/i4+1,5+1,10+1,11+1,12+1,13+1,14+1,15+1,16+1,17+1,19+1,21+1,22+1,23+1. The fraction of sp³-hybridized carbons (Fsp3) is 0.850. The molecule has 2 rings (SSSR count). The van der Waals surface area contributed by atoms with E-state index in [4.69, 9.17) is 5.11 Å². The molecule has 9 nitrogen and oxygen atoms in total. The lowest BCUT2D eigenvalue weighted by Crippen LogP contribution is -2.50. The van der Waals surface area contributed by atoms with Gasteiger partial charge < -0.3 is 20.6 Å². The average molecular weight is 425 g/mol. The number of piperazine rings is 1. The largest absolute Gasteiger partial charge is 0.481 e. The average Bonchev–Trinajstić information content (AvgIpc) is 3.10. The minimum atomic E-state index is -0.856. The number of carboxylic acid groups (broad SMARTS) is 1. The number of rotatable bonds is 12. The van der Waals surface area contributed by atoms with Crippen LogP contribution in [-0.4, -0.2) is 110 Å². The van der Waals surface area contributed by atoms with Crippen molar-refractivity contribution < 1.29 is 19.5 Å². The van der Waals surface area contributed by atoms with Crippen LogP contribution < -0.4 is 10.6 Å². The minimum Gasteiger partial charge on any atom is -0.481 e. The molecule has 166 valence electrons. The lowest BCUT2D eigenvalue weighted by molar-refractivity contribution is -0.137. The summed E-state index contributed by atoms with van der Waals surface area (Å²) in [6.07, 6.45) is 3.71. The van der Waals surface area contributed by atoms with E-state index in [1.54, 1.807) is 0 Å². The summed E-state index contributed by atoms with van der Waals surface area (Å²) in [5.74, 6) is -0.931. The Hall–Kier alpha value is -1.71. The van der Waals surface area contributed by atoms with Crippen LogP contribution in [0.15, 0.2) is 0 Å². The van der Waals surface area contributed by atoms with E-state index in [-0.39, 0.29) is 18.2 Å². The van der Waals surface area contributed by atoms with E-state index in [0.29, 0.717) is 44.9 Å². The first-order valence-corrected chi connectivity index (χ1v) is 10.8. The molecule has 0 radical (unpaired) electrons. The van der Waals surface area contributed by atoms with Crippen LogP contribution >= 0.6 is 0 Å². The molecule has 3 N–H and O–H groups in total. The fourth-order valence-corrected chi connectivity index (χ4v) is 3.91. The van der Waals surface area contributed by atoms with E-state index in [9.17, 15) is 14.4 Å². The van der Waals surface area contributed by atoms with Crippen molar-refractivity contribution in [3.63, 3.8) is 0 Å². The van der Waals surface area contributed by atoms with E-state index in [0.717, 1.165) is 52.1 Å². The zero-order chi connectivity index (χ0) is 21.1. The number of hydrogen-bond donors (Lipinski definition) is 3. The van der Waals surface area contributed by atoms with Crippen LogP contribution in [0.2, 0.25) is 0 Å². The van der Waals surface area contributed by atoms with Gasteiger partial charge in [-0.05, 0) is 39.3 Å². The highest BCUT2D eigenvalue weighted by Gasteiger charge is 2.28. The highest BCUT2D eigenvalue weighted by Crippen LogP contribution is 2.18. The monoisotopic (exact) mass is 425 g/mol. The Morgan fingerprint density at radius 3 is 2.28 bits per heavy atom. The number of likely N-dealkylation sites (tertiary alicyclic amines) is 1. The second-order valence-corrected chi connectivity index (χ2v) is 8.17. The van der Waals surface area contributed by atoms with Crippen molar-refractivity contribution in [3.05, 3.63) is 0 Å². The van der Waals surface area contributed by atoms with Crippen molar-refractivity contribution >= 4 is 17.8 Å². The van der Waals surface area contributed by atoms with Gasteiger partial charge in [0.25, 0.3) is 0 Å². The molecule has 0 spiro atoms. The van der Waals surface area contributed by atoms with E-state index in [1.807, 2.05) is 0 Å². The summed E-state index contributed by atoms with van der Waals surface area (Å²) in [4.78, 5) is 41.5. The quantitative estimate of drug-likeness (QED) is 0.222. The number of carbonyl (C=O) groups is 3. The van der Waals surface area contributed by atoms with Gasteiger partial charge in [0.15, 0.2) is 0 Å². The third-order valence-electron chi connectivity index (χ3n) is 5.70. The van der Waals surface area contributed by atoms with Gasteiger partial charge in [0, 0.05) is 64.7 Å². The van der Waals surface area contributed by atoms with Crippen LogP contribution in [0, 0.1) is 0 Å². The molecule has 29 heavy (non-hydrogen) atoms. The summed E-state index contributed by atoms with van der Waals surface area (Å²) < 4.78 is 0. The Labute approximate surface area is 173 Å². The highest BCUT2D eigenvalue weighted by atomic mass is 16.4. The Balaban J connectivity index is 1.55. The normalized spacial score (nSPS) is 21.2. The Kier molecular flexibility index (Phi) is 10.4. The summed E-state index contributed by atoms with van der Waals surface area (Å²) in [6, 6.07) is 0.459. The number of nitrogens with zero attached hydrogens (tertiary/aromatic N) is 3. The van der Waals surface area contributed by atoms with Crippen LogP contribution in [0.25, 0.3) is 0 Å². The molecule has 2 amide bonds. The molecule has 1 atom stereocenters. The number of likely N-dealkylation sites (N-methyl/N-ethyl adjacent to an activating group) is 1. The Morgan fingerprint density at radius 1 is 0.931 bits per heavy atom. The van der Waals surface area contributed by atoms with Crippen molar-refractivity contribution in [2.45, 2.75) is 44.6 Å². The number of nitrogens with one attached hydrogen (secondary N) is 2. The van der Waals surface area contributed by atoms with Gasteiger partial charge in [0.1, 0.15) is 0 Å². The van der Waals surface area contributed by atoms with Gasteiger partial charge in [0.2, 0.25) is 11.8 Å². The van der Waals surface area contributed by atoms with Crippen LogP contribution in [0.5, 0.6) is 0 Å². The number of aliphatic carboxylic acids is 1. The molecule has 0 aromatic rings. The fourth-order valence-electron chi connectivity index (χ4n) is 3.91. The van der Waals surface area contributed by atoms with Crippen molar-refractivity contribution in [1.82, 2.24) is 25.3 Å². The van der Waals surface area contributed by atoms with Gasteiger partial charge >= 0.3 is 5.97 Å². The minimum absolute atomic E-state index is 0.0251. The molecule has 0 bridgehead atoms. The second-order valence-electron chi connectivity index (χ2n) is 8.17. The molecule has 2 heterocycles. The molecule has 0 aliphatic carbocycles. The summed E-state index contributed by atoms with van der Waals surface area (Å²) in [7, 11) is 2.16. The zero-order valence-electron chi connectivity index (χ0n) is 17.7. The molecule has 2 aliphatic heterocycles. The second kappa shape index (κ2) is 12.8. The number of carbonyl (C=O) groups excluding carboxylic acids is 2. The maximum Gasteiger partial charge on any atom is 0.303 e. The Bertz CT molecular complexity index is 537. The maximum absolute atomic E-state index is 12.3. The van der Waals surface area contributed by atoms with E-state index in [1.165, 1.54) is 0 Å². The molecule has 0 saturated carbocycles. The first-order valence-electron chi connectivity index (χ1n) is 10.8. The summed E-state index contributed by atoms with van der Waals surface area (Å²) >= 11 is 0. The smallest absolute Gasteiger partial charge is 0.303 e. The topological polar surface area (TPSA) is 105 Å². The van der Waals surface area contributed by atoms with Crippen LogP contribution in [0.1, 0.15) is 38.5 Å². The first-order chi connectivity index (χ1) is 13.9. The van der Waals surface area contributed by atoms with Crippen LogP contribution in [0.4, 0.5) is 0 Å². The molecule has 0 aromatic carbocycles. The molecular formula is C20H37N5O4. The van der Waals surface area contributed by atoms with Crippen LogP contribution in [0.3, 0.4) is 0 Å². The number of carboxylic acids is 1. The molecule has 2 fully saturated rings.